The van der Waals surface area contributed by atoms with E-state index in [1.165, 1.54) is 37.0 Å². The third-order valence-electron chi connectivity index (χ3n) is 5.55. The van der Waals surface area contributed by atoms with Gasteiger partial charge in [-0.05, 0) is 68.6 Å². The van der Waals surface area contributed by atoms with E-state index in [1.807, 2.05) is 0 Å². The molecule has 4 rings (SSSR count). The zero-order valence-corrected chi connectivity index (χ0v) is 17.6. The molecule has 2 aromatic heterocycles. The van der Waals surface area contributed by atoms with E-state index in [9.17, 15) is 4.39 Å². The molecule has 0 bridgehead atoms. The summed E-state index contributed by atoms with van der Waals surface area (Å²) in [5.41, 5.74) is 2.85. The fourth-order valence-electron chi connectivity index (χ4n) is 4.03. The molecular weight excluding hydrogens is 367 g/mol. The molecule has 1 aromatic carbocycles. The van der Waals surface area contributed by atoms with Gasteiger partial charge in [0.05, 0.1) is 0 Å². The second-order valence-corrected chi connectivity index (χ2v) is 9.13. The monoisotopic (exact) mass is 396 g/mol. The molecule has 29 heavy (non-hydrogen) atoms. The topological polar surface area (TPSA) is 58.4 Å². The molecule has 1 fully saturated rings. The van der Waals surface area contributed by atoms with Crippen molar-refractivity contribution in [1.29, 1.82) is 0 Å². The number of benzene rings is 1. The number of anilines is 1. The van der Waals surface area contributed by atoms with Gasteiger partial charge in [-0.25, -0.2) is 4.39 Å². The molecule has 1 N–H and O–H groups in total. The molecule has 7 heteroatoms. The van der Waals surface area contributed by atoms with Crippen molar-refractivity contribution in [1.82, 2.24) is 24.7 Å². The third kappa shape index (κ3) is 4.24. The molecule has 0 saturated heterocycles. The molecule has 0 atom stereocenters. The van der Waals surface area contributed by atoms with Crippen LogP contribution in [0.3, 0.4) is 0 Å². The van der Waals surface area contributed by atoms with Crippen molar-refractivity contribution in [3.8, 4) is 11.4 Å². The summed E-state index contributed by atoms with van der Waals surface area (Å²) in [5.74, 6) is 1.78. The van der Waals surface area contributed by atoms with Crippen LogP contribution in [0.4, 0.5) is 10.2 Å². The van der Waals surface area contributed by atoms with Gasteiger partial charge in [0.1, 0.15) is 5.82 Å². The Morgan fingerprint density at radius 1 is 1.17 bits per heavy atom. The number of halogens is 1. The summed E-state index contributed by atoms with van der Waals surface area (Å²) >= 11 is 0. The zero-order valence-electron chi connectivity index (χ0n) is 17.6. The second kappa shape index (κ2) is 7.71. The molecule has 1 saturated carbocycles. The van der Waals surface area contributed by atoms with Crippen molar-refractivity contribution in [2.45, 2.75) is 39.0 Å². The van der Waals surface area contributed by atoms with E-state index in [1.54, 1.807) is 16.6 Å². The maximum Gasteiger partial charge on any atom is 0.185 e. The van der Waals surface area contributed by atoms with Gasteiger partial charge in [0, 0.05) is 24.2 Å². The average Bonchev–Trinajstić information content (AvgIpc) is 3.01. The van der Waals surface area contributed by atoms with E-state index >= 15 is 0 Å². The Hall–Kier alpha value is -2.54. The largest absolute Gasteiger partial charge is 0.368 e. The van der Waals surface area contributed by atoms with Gasteiger partial charge in [0.2, 0.25) is 0 Å². The van der Waals surface area contributed by atoms with E-state index in [2.05, 4.69) is 54.4 Å². The summed E-state index contributed by atoms with van der Waals surface area (Å²) in [5, 5.41) is 17.1. The number of nitrogens with one attached hydrogen (secondary N) is 1. The first kappa shape index (κ1) is 19.8. The number of fused-ring (bicyclic) bond motifs is 1. The van der Waals surface area contributed by atoms with Crippen LogP contribution >= 0.6 is 0 Å². The highest BCUT2D eigenvalue weighted by Crippen LogP contribution is 2.40. The predicted molar refractivity (Wildman–Crippen MR) is 114 cm³/mol. The van der Waals surface area contributed by atoms with Crippen molar-refractivity contribution >= 4 is 11.5 Å². The predicted octanol–water partition coefficient (Wildman–Crippen LogP) is 4.20. The lowest BCUT2D eigenvalue weighted by atomic mass is 9.80. The first-order chi connectivity index (χ1) is 13.8. The number of rotatable bonds is 7. The Bertz CT molecular complexity index is 988. The first-order valence-corrected chi connectivity index (χ1v) is 10.2. The summed E-state index contributed by atoms with van der Waals surface area (Å²) in [7, 11) is 4.19. The fourth-order valence-corrected chi connectivity index (χ4v) is 4.03. The maximum atomic E-state index is 13.3. The number of hydrogen-bond acceptors (Lipinski definition) is 5. The van der Waals surface area contributed by atoms with Gasteiger partial charge >= 0.3 is 0 Å². The van der Waals surface area contributed by atoms with Crippen molar-refractivity contribution in [3.05, 3.63) is 41.7 Å². The van der Waals surface area contributed by atoms with Crippen molar-refractivity contribution in [2.75, 3.05) is 32.5 Å². The van der Waals surface area contributed by atoms with Crippen molar-refractivity contribution in [3.63, 3.8) is 0 Å². The van der Waals surface area contributed by atoms with Crippen LogP contribution in [0, 0.1) is 11.2 Å². The van der Waals surface area contributed by atoms with Crippen LogP contribution in [0.5, 0.6) is 0 Å². The first-order valence-electron chi connectivity index (χ1n) is 10.2. The Kier molecular flexibility index (Phi) is 5.25. The Morgan fingerprint density at radius 2 is 1.90 bits per heavy atom. The minimum Gasteiger partial charge on any atom is -0.368 e. The second-order valence-electron chi connectivity index (χ2n) is 9.13. The summed E-state index contributed by atoms with van der Waals surface area (Å²) in [6.45, 7) is 6.31. The van der Waals surface area contributed by atoms with Crippen molar-refractivity contribution in [2.24, 2.45) is 5.41 Å². The van der Waals surface area contributed by atoms with Crippen LogP contribution in [0.25, 0.3) is 17.0 Å². The molecule has 0 unspecified atom stereocenters. The minimum absolute atomic E-state index is 0.101. The molecule has 6 nitrogen and oxygen atoms in total. The quantitative estimate of drug-likeness (QED) is 0.649. The van der Waals surface area contributed by atoms with E-state index in [-0.39, 0.29) is 11.2 Å². The zero-order chi connectivity index (χ0) is 20.6. The van der Waals surface area contributed by atoms with E-state index in [0.717, 1.165) is 30.1 Å². The highest BCUT2D eigenvalue weighted by atomic mass is 19.1. The van der Waals surface area contributed by atoms with E-state index in [0.29, 0.717) is 11.7 Å². The van der Waals surface area contributed by atoms with Crippen LogP contribution < -0.4 is 5.32 Å². The lowest BCUT2D eigenvalue weighted by molar-refractivity contribution is 0.254. The highest BCUT2D eigenvalue weighted by molar-refractivity contribution is 5.61. The maximum absolute atomic E-state index is 13.3. The lowest BCUT2D eigenvalue weighted by Crippen LogP contribution is -2.35. The Morgan fingerprint density at radius 3 is 2.52 bits per heavy atom. The average molecular weight is 397 g/mol. The Labute approximate surface area is 171 Å². The molecule has 1 aliphatic carbocycles. The smallest absolute Gasteiger partial charge is 0.185 e. The number of aromatic nitrogens is 4. The van der Waals surface area contributed by atoms with Crippen LogP contribution in [0.15, 0.2) is 30.3 Å². The summed E-state index contributed by atoms with van der Waals surface area (Å²) in [6, 6.07) is 8.39. The van der Waals surface area contributed by atoms with Crippen LogP contribution in [0.1, 0.15) is 44.6 Å². The van der Waals surface area contributed by atoms with Crippen LogP contribution in [0.2, 0.25) is 0 Å². The molecule has 0 aliphatic heterocycles. The standard InChI is InChI=1S/C22H29FN6/c1-22(2,14-28(3)4)13-24-20-18(15-6-5-7-15)12-19-25-26-21(29(19)27-20)16-8-10-17(23)11-9-16/h8-12,15H,5-7,13-14H2,1-4H3,(H,24,27). The van der Waals surface area contributed by atoms with Crippen molar-refractivity contribution < 1.29 is 4.39 Å². The SMILES string of the molecule is CN(C)CC(C)(C)CNc1nn2c(-c3ccc(F)cc3)nnc2cc1C1CCC1. The third-order valence-corrected chi connectivity index (χ3v) is 5.55. The van der Waals surface area contributed by atoms with Gasteiger partial charge < -0.3 is 10.2 Å². The summed E-state index contributed by atoms with van der Waals surface area (Å²) in [6.07, 6.45) is 3.63. The number of hydrogen-bond donors (Lipinski definition) is 1. The highest BCUT2D eigenvalue weighted by Gasteiger charge is 2.26. The minimum atomic E-state index is -0.270. The van der Waals surface area contributed by atoms with E-state index < -0.39 is 0 Å². The fraction of sp³-hybridized carbons (Fsp3) is 0.500. The molecule has 0 amide bonds. The molecule has 0 radical (unpaired) electrons. The Balaban J connectivity index is 1.70. The molecule has 1 aliphatic rings. The van der Waals surface area contributed by atoms with Gasteiger partial charge in [-0.2, -0.15) is 4.52 Å². The normalized spacial score (nSPS) is 15.1. The number of nitrogens with zero attached hydrogens (tertiary/aromatic N) is 5. The van der Waals surface area contributed by atoms with Gasteiger partial charge in [0.15, 0.2) is 17.3 Å². The van der Waals surface area contributed by atoms with Crippen LogP contribution in [-0.2, 0) is 0 Å². The van der Waals surface area contributed by atoms with Gasteiger partial charge in [-0.15, -0.1) is 15.3 Å². The molecular formula is C22H29FN6. The summed E-state index contributed by atoms with van der Waals surface area (Å²) < 4.78 is 15.1. The van der Waals surface area contributed by atoms with Gasteiger partial charge in [-0.1, -0.05) is 20.3 Å². The lowest BCUT2D eigenvalue weighted by Gasteiger charge is -2.31. The molecule has 154 valence electrons. The molecule has 0 spiro atoms. The summed E-state index contributed by atoms with van der Waals surface area (Å²) in [4.78, 5) is 2.21. The van der Waals surface area contributed by atoms with Crippen LogP contribution in [-0.4, -0.2) is 51.9 Å². The van der Waals surface area contributed by atoms with Gasteiger partial charge in [0.25, 0.3) is 0 Å². The van der Waals surface area contributed by atoms with Gasteiger partial charge in [-0.3, -0.25) is 0 Å². The van der Waals surface area contributed by atoms with E-state index in [4.69, 9.17) is 5.10 Å². The molecule has 2 heterocycles. The molecule has 3 aromatic rings.